The predicted octanol–water partition coefficient (Wildman–Crippen LogP) is 3.21. The van der Waals surface area contributed by atoms with Crippen LogP contribution in [0, 0.1) is 5.92 Å². The number of hydrogen-bond donors (Lipinski definition) is 0. The minimum absolute atomic E-state index is 0.130. The van der Waals surface area contributed by atoms with Gasteiger partial charge in [0.05, 0.1) is 16.6 Å². The van der Waals surface area contributed by atoms with Crippen molar-refractivity contribution in [1.29, 1.82) is 0 Å². The van der Waals surface area contributed by atoms with Gasteiger partial charge in [0.1, 0.15) is 5.78 Å². The molecule has 1 saturated carbocycles. The average molecular weight is 271 g/mol. The lowest BCUT2D eigenvalue weighted by Crippen LogP contribution is -2.18. The van der Waals surface area contributed by atoms with Crippen molar-refractivity contribution in [3.8, 4) is 0 Å². The van der Waals surface area contributed by atoms with Gasteiger partial charge in [-0.25, -0.2) is 0 Å². The van der Waals surface area contributed by atoms with E-state index >= 15 is 0 Å². The van der Waals surface area contributed by atoms with Crippen LogP contribution in [-0.4, -0.2) is 15.7 Å². The maximum Gasteiger partial charge on any atom is 0.148 e. The molecule has 1 fully saturated rings. The van der Waals surface area contributed by atoms with Crippen LogP contribution in [0.15, 0.2) is 29.2 Å². The van der Waals surface area contributed by atoms with E-state index in [9.17, 15) is 9.00 Å². The van der Waals surface area contributed by atoms with E-state index in [0.29, 0.717) is 9.92 Å². The summed E-state index contributed by atoms with van der Waals surface area (Å²) in [5.74, 6) is 0.407. The number of rotatable bonds is 4. The molecular formula is C13H15ClO2S. The summed E-state index contributed by atoms with van der Waals surface area (Å²) in [6.45, 7) is 0. The van der Waals surface area contributed by atoms with E-state index in [1.807, 2.05) is 0 Å². The maximum atomic E-state index is 12.0. The summed E-state index contributed by atoms with van der Waals surface area (Å²) < 4.78 is 12.0. The molecule has 1 atom stereocenters. The molecule has 4 heteroatoms. The van der Waals surface area contributed by atoms with Crippen molar-refractivity contribution >= 4 is 28.2 Å². The molecule has 17 heavy (non-hydrogen) atoms. The van der Waals surface area contributed by atoms with E-state index in [1.54, 1.807) is 24.3 Å². The van der Waals surface area contributed by atoms with Crippen LogP contribution in [0.3, 0.4) is 0 Å². The third-order valence-electron chi connectivity index (χ3n) is 3.14. The van der Waals surface area contributed by atoms with Gasteiger partial charge in [0.15, 0.2) is 0 Å². The quantitative estimate of drug-likeness (QED) is 0.842. The fraction of sp³-hybridized carbons (Fsp3) is 0.462. The van der Waals surface area contributed by atoms with E-state index in [4.69, 9.17) is 11.6 Å². The van der Waals surface area contributed by atoms with Gasteiger partial charge in [-0.05, 0) is 31.0 Å². The molecule has 0 aromatic heterocycles. The SMILES string of the molecule is O=C(CS(=O)c1cccc(Cl)c1)C1CCCC1. The molecule has 1 unspecified atom stereocenters. The first kappa shape index (κ1) is 12.8. The number of Topliss-reactive ketones (excluding diaryl/α,β-unsaturated/α-hetero) is 1. The van der Waals surface area contributed by atoms with Crippen molar-refractivity contribution in [1.82, 2.24) is 0 Å². The van der Waals surface area contributed by atoms with E-state index < -0.39 is 10.8 Å². The number of ketones is 1. The zero-order valence-corrected chi connectivity index (χ0v) is 11.1. The van der Waals surface area contributed by atoms with Gasteiger partial charge in [0, 0.05) is 15.8 Å². The predicted molar refractivity (Wildman–Crippen MR) is 69.7 cm³/mol. The number of carbonyl (C=O) groups is 1. The van der Waals surface area contributed by atoms with Crippen LogP contribution in [0.5, 0.6) is 0 Å². The second kappa shape index (κ2) is 5.78. The van der Waals surface area contributed by atoms with E-state index in [2.05, 4.69) is 0 Å². The molecule has 1 aliphatic rings. The summed E-state index contributed by atoms with van der Waals surface area (Å²) in [4.78, 5) is 12.5. The molecule has 0 amide bonds. The second-order valence-electron chi connectivity index (χ2n) is 4.39. The lowest BCUT2D eigenvalue weighted by molar-refractivity contribution is -0.120. The summed E-state index contributed by atoms with van der Waals surface area (Å²) in [7, 11) is -1.25. The molecule has 0 bridgehead atoms. The molecule has 92 valence electrons. The topological polar surface area (TPSA) is 34.1 Å². The molecule has 0 N–H and O–H groups in total. The highest BCUT2D eigenvalue weighted by Crippen LogP contribution is 2.26. The molecule has 0 spiro atoms. The Morgan fingerprint density at radius 3 is 2.71 bits per heavy atom. The molecule has 2 nitrogen and oxygen atoms in total. The average Bonchev–Trinajstić information content (AvgIpc) is 2.82. The maximum absolute atomic E-state index is 12.0. The third-order valence-corrected chi connectivity index (χ3v) is 4.70. The normalized spacial score (nSPS) is 18.2. The Balaban J connectivity index is 1.99. The first-order chi connectivity index (χ1) is 8.16. The number of carbonyl (C=O) groups excluding carboxylic acids is 1. The highest BCUT2D eigenvalue weighted by molar-refractivity contribution is 7.85. The van der Waals surface area contributed by atoms with Gasteiger partial charge in [-0.2, -0.15) is 0 Å². The Bertz CT molecular complexity index is 439. The smallest absolute Gasteiger partial charge is 0.148 e. The number of benzene rings is 1. The molecule has 1 aromatic carbocycles. The monoisotopic (exact) mass is 270 g/mol. The summed E-state index contributed by atoms with van der Waals surface area (Å²) in [6.07, 6.45) is 4.18. The molecule has 0 aliphatic heterocycles. The Kier molecular flexibility index (Phi) is 4.35. The van der Waals surface area contributed by atoms with Crippen LogP contribution in [-0.2, 0) is 15.6 Å². The Morgan fingerprint density at radius 2 is 2.06 bits per heavy atom. The molecule has 2 rings (SSSR count). The number of hydrogen-bond acceptors (Lipinski definition) is 2. The third kappa shape index (κ3) is 3.39. The summed E-state index contributed by atoms with van der Waals surface area (Å²) >= 11 is 5.83. The molecule has 0 saturated heterocycles. The molecule has 0 heterocycles. The lowest BCUT2D eigenvalue weighted by atomic mass is 10.0. The first-order valence-electron chi connectivity index (χ1n) is 5.83. The molecular weight excluding hydrogens is 256 g/mol. The lowest BCUT2D eigenvalue weighted by Gasteiger charge is -2.07. The van der Waals surface area contributed by atoms with Crippen LogP contribution in [0.25, 0.3) is 0 Å². The highest BCUT2D eigenvalue weighted by atomic mass is 35.5. The highest BCUT2D eigenvalue weighted by Gasteiger charge is 2.24. The molecule has 1 aromatic rings. The standard InChI is InChI=1S/C13H15ClO2S/c14-11-6-3-7-12(8-11)17(16)9-13(15)10-4-1-2-5-10/h3,6-8,10H,1-2,4-5,9H2. The van der Waals surface area contributed by atoms with Crippen LogP contribution in [0.4, 0.5) is 0 Å². The van der Waals surface area contributed by atoms with Crippen molar-refractivity contribution in [3.05, 3.63) is 29.3 Å². The fourth-order valence-corrected chi connectivity index (χ4v) is 3.59. The zero-order valence-electron chi connectivity index (χ0n) is 9.52. The van der Waals surface area contributed by atoms with Crippen molar-refractivity contribution < 1.29 is 9.00 Å². The van der Waals surface area contributed by atoms with E-state index in [1.165, 1.54) is 0 Å². The van der Waals surface area contributed by atoms with Gasteiger partial charge in [0.2, 0.25) is 0 Å². The number of halogens is 1. The Labute approximate surface area is 109 Å². The van der Waals surface area contributed by atoms with Gasteiger partial charge >= 0.3 is 0 Å². The van der Waals surface area contributed by atoms with E-state index in [0.717, 1.165) is 25.7 Å². The van der Waals surface area contributed by atoms with Gasteiger partial charge < -0.3 is 0 Å². The minimum atomic E-state index is -1.25. The largest absolute Gasteiger partial charge is 0.298 e. The molecule has 0 radical (unpaired) electrons. The van der Waals surface area contributed by atoms with Gasteiger partial charge in [-0.3, -0.25) is 9.00 Å². The van der Waals surface area contributed by atoms with Crippen molar-refractivity contribution in [2.45, 2.75) is 30.6 Å². The van der Waals surface area contributed by atoms with Crippen LogP contribution >= 0.6 is 11.6 Å². The van der Waals surface area contributed by atoms with Crippen LogP contribution in [0.1, 0.15) is 25.7 Å². The Morgan fingerprint density at radius 1 is 1.35 bits per heavy atom. The zero-order chi connectivity index (χ0) is 12.3. The van der Waals surface area contributed by atoms with Crippen LogP contribution in [0.2, 0.25) is 5.02 Å². The van der Waals surface area contributed by atoms with Gasteiger partial charge in [-0.15, -0.1) is 0 Å². The fourth-order valence-electron chi connectivity index (χ4n) is 2.19. The van der Waals surface area contributed by atoms with E-state index in [-0.39, 0.29) is 17.5 Å². The van der Waals surface area contributed by atoms with Gasteiger partial charge in [0.25, 0.3) is 0 Å². The van der Waals surface area contributed by atoms with Crippen molar-refractivity contribution in [3.63, 3.8) is 0 Å². The minimum Gasteiger partial charge on any atom is -0.298 e. The van der Waals surface area contributed by atoms with Crippen molar-refractivity contribution in [2.75, 3.05) is 5.75 Å². The summed E-state index contributed by atoms with van der Waals surface area (Å²) in [5.41, 5.74) is 0. The summed E-state index contributed by atoms with van der Waals surface area (Å²) in [5, 5.41) is 0.559. The van der Waals surface area contributed by atoms with Gasteiger partial charge in [-0.1, -0.05) is 30.5 Å². The van der Waals surface area contributed by atoms with Crippen molar-refractivity contribution in [2.24, 2.45) is 5.92 Å². The first-order valence-corrected chi connectivity index (χ1v) is 7.53. The second-order valence-corrected chi connectivity index (χ2v) is 6.28. The van der Waals surface area contributed by atoms with Crippen LogP contribution < -0.4 is 0 Å². The molecule has 1 aliphatic carbocycles. The summed E-state index contributed by atoms with van der Waals surface area (Å²) in [6, 6.07) is 6.92. The Hall–Kier alpha value is -0.670.